The Hall–Kier alpha value is -2.41. The summed E-state index contributed by atoms with van der Waals surface area (Å²) >= 11 is 0. The molecule has 2 aliphatic rings. The number of primary amides is 1. The summed E-state index contributed by atoms with van der Waals surface area (Å²) in [5, 5.41) is 0. The average Bonchev–Trinajstić information content (AvgIpc) is 3.04. The van der Waals surface area contributed by atoms with Gasteiger partial charge in [-0.15, -0.1) is 0 Å². The van der Waals surface area contributed by atoms with E-state index in [9.17, 15) is 9.59 Å². The van der Waals surface area contributed by atoms with E-state index in [-0.39, 0.29) is 24.0 Å². The van der Waals surface area contributed by atoms with Gasteiger partial charge in [0.1, 0.15) is 17.9 Å². The van der Waals surface area contributed by atoms with E-state index in [0.717, 1.165) is 31.3 Å². The van der Waals surface area contributed by atoms with Gasteiger partial charge in [-0.1, -0.05) is 6.07 Å². The Bertz CT molecular complexity index is 775. The van der Waals surface area contributed by atoms with E-state index in [1.165, 1.54) is 0 Å². The first-order valence-corrected chi connectivity index (χ1v) is 8.70. The summed E-state index contributed by atoms with van der Waals surface area (Å²) in [6, 6.07) is 5.71. The lowest BCUT2D eigenvalue weighted by atomic mass is 9.60. The fraction of sp³-hybridized carbons (Fsp3) is 0.500. The summed E-state index contributed by atoms with van der Waals surface area (Å²) < 4.78 is 7.52. The highest BCUT2D eigenvalue weighted by Gasteiger charge is 2.49. The van der Waals surface area contributed by atoms with Crippen LogP contribution in [0.4, 0.5) is 0 Å². The van der Waals surface area contributed by atoms with E-state index in [1.54, 1.807) is 6.20 Å². The monoisotopic (exact) mass is 342 g/mol. The van der Waals surface area contributed by atoms with Gasteiger partial charge in [-0.3, -0.25) is 9.59 Å². The molecule has 1 aliphatic carbocycles. The van der Waals surface area contributed by atoms with Crippen molar-refractivity contribution in [1.82, 2.24) is 14.3 Å². The van der Waals surface area contributed by atoms with Crippen molar-refractivity contribution in [3.63, 3.8) is 0 Å². The van der Waals surface area contributed by atoms with Crippen LogP contribution < -0.4 is 5.73 Å². The van der Waals surface area contributed by atoms with Crippen LogP contribution in [0.5, 0.6) is 0 Å². The molecule has 1 saturated heterocycles. The van der Waals surface area contributed by atoms with Gasteiger partial charge in [0.15, 0.2) is 0 Å². The lowest BCUT2D eigenvalue weighted by molar-refractivity contribution is -0.149. The minimum absolute atomic E-state index is 0.0176. The van der Waals surface area contributed by atoms with Crippen LogP contribution in [0.3, 0.4) is 0 Å². The Balaban J connectivity index is 1.40. The molecule has 0 radical (unpaired) electrons. The van der Waals surface area contributed by atoms with Gasteiger partial charge in [0, 0.05) is 30.9 Å². The standard InChI is InChI=1S/C18H22N4O3/c19-15(23)12-25-14-4-5-18(14)6-9-21(10-7-18)17(24)13-11-22-8-2-1-3-16(22)20-13/h1-3,8,11,14H,4-7,9-10,12H2,(H2,19,23). The zero-order valence-corrected chi connectivity index (χ0v) is 14.1. The van der Waals surface area contributed by atoms with Crippen molar-refractivity contribution in [3.05, 3.63) is 36.3 Å². The van der Waals surface area contributed by atoms with E-state index in [1.807, 2.05) is 33.7 Å². The maximum absolute atomic E-state index is 12.7. The second-order valence-electron chi connectivity index (χ2n) is 7.05. The number of carbonyl (C=O) groups is 2. The SMILES string of the molecule is NC(=O)COC1CCC12CCN(C(=O)c1cn3ccccc3n1)CC2. The van der Waals surface area contributed by atoms with Crippen LogP contribution in [0.25, 0.3) is 5.65 Å². The molecule has 0 aromatic carbocycles. The summed E-state index contributed by atoms with van der Waals surface area (Å²) in [5.41, 5.74) is 6.53. The molecule has 1 saturated carbocycles. The van der Waals surface area contributed by atoms with Crippen molar-refractivity contribution >= 4 is 17.5 Å². The molecule has 1 unspecified atom stereocenters. The molecule has 132 valence electrons. The Morgan fingerprint density at radius 3 is 2.72 bits per heavy atom. The van der Waals surface area contributed by atoms with Crippen molar-refractivity contribution in [2.24, 2.45) is 11.1 Å². The Kier molecular flexibility index (Phi) is 3.95. The zero-order valence-electron chi connectivity index (χ0n) is 14.1. The second-order valence-corrected chi connectivity index (χ2v) is 7.05. The summed E-state index contributed by atoms with van der Waals surface area (Å²) in [6.45, 7) is 1.38. The van der Waals surface area contributed by atoms with Gasteiger partial charge in [0.2, 0.25) is 5.91 Å². The van der Waals surface area contributed by atoms with Crippen molar-refractivity contribution in [2.45, 2.75) is 31.8 Å². The van der Waals surface area contributed by atoms with Crippen molar-refractivity contribution in [1.29, 1.82) is 0 Å². The third kappa shape index (κ3) is 2.89. The molecule has 2 N–H and O–H groups in total. The second kappa shape index (κ2) is 6.15. The van der Waals surface area contributed by atoms with E-state index < -0.39 is 5.91 Å². The normalized spacial score (nSPS) is 22.1. The number of imidazole rings is 1. The smallest absolute Gasteiger partial charge is 0.274 e. The highest BCUT2D eigenvalue weighted by atomic mass is 16.5. The van der Waals surface area contributed by atoms with Crippen LogP contribution >= 0.6 is 0 Å². The van der Waals surface area contributed by atoms with E-state index >= 15 is 0 Å². The van der Waals surface area contributed by atoms with Gasteiger partial charge in [0.25, 0.3) is 5.91 Å². The average molecular weight is 342 g/mol. The van der Waals surface area contributed by atoms with Gasteiger partial charge < -0.3 is 19.8 Å². The number of hydrogen-bond donors (Lipinski definition) is 1. The molecule has 7 nitrogen and oxygen atoms in total. The molecule has 2 aromatic rings. The van der Waals surface area contributed by atoms with Gasteiger partial charge in [-0.25, -0.2) is 4.98 Å². The predicted octanol–water partition coefficient (Wildman–Crippen LogP) is 1.22. The molecule has 2 amide bonds. The molecular formula is C18H22N4O3. The maximum atomic E-state index is 12.7. The minimum Gasteiger partial charge on any atom is -0.368 e. The van der Waals surface area contributed by atoms with Gasteiger partial charge in [-0.05, 0) is 37.8 Å². The fourth-order valence-corrected chi connectivity index (χ4v) is 4.04. The lowest BCUT2D eigenvalue weighted by Gasteiger charge is -2.53. The van der Waals surface area contributed by atoms with Gasteiger partial charge in [-0.2, -0.15) is 0 Å². The third-order valence-electron chi connectivity index (χ3n) is 5.64. The topological polar surface area (TPSA) is 89.9 Å². The molecule has 0 bridgehead atoms. The van der Waals surface area contributed by atoms with E-state index in [4.69, 9.17) is 10.5 Å². The molecule has 1 atom stereocenters. The van der Waals surface area contributed by atoms with Crippen molar-refractivity contribution in [2.75, 3.05) is 19.7 Å². The first-order valence-electron chi connectivity index (χ1n) is 8.70. The van der Waals surface area contributed by atoms with Crippen LogP contribution in [-0.4, -0.2) is 51.9 Å². The molecule has 2 fully saturated rings. The number of pyridine rings is 1. The van der Waals surface area contributed by atoms with Crippen LogP contribution in [0, 0.1) is 5.41 Å². The highest BCUT2D eigenvalue weighted by molar-refractivity contribution is 5.93. The first-order chi connectivity index (χ1) is 12.1. The molecule has 7 heteroatoms. The Morgan fingerprint density at radius 1 is 1.28 bits per heavy atom. The number of nitrogens with zero attached hydrogens (tertiary/aromatic N) is 3. The summed E-state index contributed by atoms with van der Waals surface area (Å²) in [6.07, 6.45) is 7.61. The number of ether oxygens (including phenoxy) is 1. The third-order valence-corrected chi connectivity index (χ3v) is 5.64. The van der Waals surface area contributed by atoms with Crippen molar-refractivity contribution in [3.8, 4) is 0 Å². The molecule has 1 spiro atoms. The highest BCUT2D eigenvalue weighted by Crippen LogP contribution is 2.50. The fourth-order valence-electron chi connectivity index (χ4n) is 4.04. The van der Waals surface area contributed by atoms with E-state index in [2.05, 4.69) is 4.98 Å². The number of piperidine rings is 1. The largest absolute Gasteiger partial charge is 0.368 e. The summed E-state index contributed by atoms with van der Waals surface area (Å²) in [4.78, 5) is 30.0. The molecule has 3 heterocycles. The Labute approximate surface area is 145 Å². The zero-order chi connectivity index (χ0) is 17.4. The number of likely N-dealkylation sites (tertiary alicyclic amines) is 1. The van der Waals surface area contributed by atoms with Crippen molar-refractivity contribution < 1.29 is 14.3 Å². The molecular weight excluding hydrogens is 320 g/mol. The van der Waals surface area contributed by atoms with Crippen LogP contribution in [0.1, 0.15) is 36.2 Å². The molecule has 25 heavy (non-hydrogen) atoms. The molecule has 1 aliphatic heterocycles. The number of rotatable bonds is 4. The first kappa shape index (κ1) is 16.1. The quantitative estimate of drug-likeness (QED) is 0.905. The number of hydrogen-bond acceptors (Lipinski definition) is 4. The van der Waals surface area contributed by atoms with E-state index in [0.29, 0.717) is 18.8 Å². The summed E-state index contributed by atoms with van der Waals surface area (Å²) in [5.74, 6) is -0.450. The van der Waals surface area contributed by atoms with Gasteiger partial charge >= 0.3 is 0 Å². The number of aromatic nitrogens is 2. The summed E-state index contributed by atoms with van der Waals surface area (Å²) in [7, 11) is 0. The van der Waals surface area contributed by atoms with Gasteiger partial charge in [0.05, 0.1) is 6.10 Å². The number of fused-ring (bicyclic) bond motifs is 1. The maximum Gasteiger partial charge on any atom is 0.274 e. The van der Waals surface area contributed by atoms with Crippen LogP contribution in [0.2, 0.25) is 0 Å². The minimum atomic E-state index is -0.429. The van der Waals surface area contributed by atoms with Crippen LogP contribution in [-0.2, 0) is 9.53 Å². The molecule has 4 rings (SSSR count). The lowest BCUT2D eigenvalue weighted by Crippen LogP contribution is -2.54. The number of carbonyl (C=O) groups excluding carboxylic acids is 2. The Morgan fingerprint density at radius 2 is 2.08 bits per heavy atom. The number of nitrogens with two attached hydrogens (primary N) is 1. The van der Waals surface area contributed by atoms with Crippen LogP contribution in [0.15, 0.2) is 30.6 Å². The number of amides is 2. The predicted molar refractivity (Wildman–Crippen MR) is 90.9 cm³/mol. The molecule has 2 aromatic heterocycles.